The summed E-state index contributed by atoms with van der Waals surface area (Å²) in [6.07, 6.45) is 0. The van der Waals surface area contributed by atoms with Crippen molar-refractivity contribution in [3.05, 3.63) is 146 Å². The van der Waals surface area contributed by atoms with Crippen LogP contribution >= 0.6 is 0 Å². The van der Waals surface area contributed by atoms with Gasteiger partial charge in [0.15, 0.2) is 0 Å². The number of aromatic amines is 1. The van der Waals surface area contributed by atoms with Gasteiger partial charge in [0, 0.05) is 43.4 Å². The Morgan fingerprint density at radius 1 is 0.333 bits per heavy atom. The minimum atomic E-state index is 0.899. The molecule has 0 aliphatic carbocycles. The van der Waals surface area contributed by atoms with E-state index in [-0.39, 0.29) is 0 Å². The van der Waals surface area contributed by atoms with E-state index in [9.17, 15) is 0 Å². The number of H-pyrrole nitrogens is 1. The summed E-state index contributed by atoms with van der Waals surface area (Å²) < 4.78 is 12.3. The van der Waals surface area contributed by atoms with Crippen LogP contribution in [0.2, 0.25) is 0 Å². The number of rotatable bonds is 3. The van der Waals surface area contributed by atoms with Crippen LogP contribution in [0.1, 0.15) is 0 Å². The third-order valence-electron chi connectivity index (χ3n) is 9.21. The zero-order valence-electron chi connectivity index (χ0n) is 24.2. The Morgan fingerprint density at radius 3 is 1.49 bits per heavy atom. The highest BCUT2D eigenvalue weighted by molar-refractivity contribution is 6.12. The molecule has 3 heterocycles. The minimum Gasteiger partial charge on any atom is -0.456 e. The van der Waals surface area contributed by atoms with Crippen molar-refractivity contribution in [2.24, 2.45) is 0 Å². The van der Waals surface area contributed by atoms with Gasteiger partial charge in [0.25, 0.3) is 0 Å². The fraction of sp³-hybridized carbons (Fsp3) is 0. The van der Waals surface area contributed by atoms with Crippen LogP contribution in [0.25, 0.3) is 99.1 Å². The van der Waals surface area contributed by atoms with Crippen LogP contribution in [0, 0.1) is 0 Å². The summed E-state index contributed by atoms with van der Waals surface area (Å²) >= 11 is 0. The molecule has 0 radical (unpaired) electrons. The molecule has 0 bridgehead atoms. The average Bonchev–Trinajstić information content (AvgIpc) is 3.78. The van der Waals surface area contributed by atoms with Gasteiger partial charge in [-0.2, -0.15) is 0 Å². The predicted molar refractivity (Wildman–Crippen MR) is 187 cm³/mol. The summed E-state index contributed by atoms with van der Waals surface area (Å²) in [6.45, 7) is 0. The molecule has 0 spiro atoms. The van der Waals surface area contributed by atoms with E-state index in [1.165, 1.54) is 16.3 Å². The standard InChI is InChI=1S/C42H25NO2/c1-4-13-37-31(8-1)34-12-7-11-30(42(34)43-37)29-21-27(25-16-18-40-35(23-25)32-9-2-5-14-38(32)44-40)20-28(22-29)26-17-19-41-36(24-26)33-10-3-6-15-39(33)45-41/h1-24,43H. The lowest BCUT2D eigenvalue weighted by atomic mass is 9.91. The lowest BCUT2D eigenvalue weighted by Gasteiger charge is -2.12. The van der Waals surface area contributed by atoms with E-state index in [0.717, 1.165) is 82.7 Å². The number of hydrogen-bond donors (Lipinski definition) is 1. The molecule has 7 aromatic carbocycles. The number of furan rings is 2. The number of para-hydroxylation sites is 4. The second-order valence-corrected chi connectivity index (χ2v) is 11.8. The topological polar surface area (TPSA) is 42.1 Å². The van der Waals surface area contributed by atoms with Crippen LogP contribution in [0.3, 0.4) is 0 Å². The second kappa shape index (κ2) is 9.22. The van der Waals surface area contributed by atoms with E-state index in [2.05, 4.69) is 126 Å². The summed E-state index contributed by atoms with van der Waals surface area (Å²) in [5, 5.41) is 6.97. The minimum absolute atomic E-state index is 0.899. The van der Waals surface area contributed by atoms with Gasteiger partial charge in [-0.1, -0.05) is 84.9 Å². The van der Waals surface area contributed by atoms with Gasteiger partial charge in [-0.3, -0.25) is 0 Å². The Morgan fingerprint density at radius 2 is 0.844 bits per heavy atom. The van der Waals surface area contributed by atoms with Crippen LogP contribution in [-0.4, -0.2) is 4.98 Å². The highest BCUT2D eigenvalue weighted by Gasteiger charge is 2.15. The first-order valence-corrected chi connectivity index (χ1v) is 15.3. The molecule has 0 aliphatic rings. The van der Waals surface area contributed by atoms with Crippen molar-refractivity contribution in [2.75, 3.05) is 0 Å². The fourth-order valence-corrected chi connectivity index (χ4v) is 7.04. The SMILES string of the molecule is c1ccc2c(c1)[nH]c1c(-c3cc(-c4ccc5oc6ccccc6c5c4)cc(-c4ccc5oc6ccccc6c5c4)c3)cccc12. The van der Waals surface area contributed by atoms with E-state index in [0.29, 0.717) is 0 Å². The van der Waals surface area contributed by atoms with Crippen LogP contribution in [0.15, 0.2) is 154 Å². The highest BCUT2D eigenvalue weighted by atomic mass is 16.3. The lowest BCUT2D eigenvalue weighted by Crippen LogP contribution is -1.87. The number of benzene rings is 7. The van der Waals surface area contributed by atoms with Gasteiger partial charge in [-0.15, -0.1) is 0 Å². The van der Waals surface area contributed by atoms with Crippen molar-refractivity contribution in [3.63, 3.8) is 0 Å². The number of fused-ring (bicyclic) bond motifs is 9. The van der Waals surface area contributed by atoms with E-state index >= 15 is 0 Å². The molecule has 0 amide bonds. The number of nitrogens with one attached hydrogen (secondary N) is 1. The van der Waals surface area contributed by atoms with Gasteiger partial charge in [0.2, 0.25) is 0 Å². The van der Waals surface area contributed by atoms with Gasteiger partial charge in [-0.25, -0.2) is 0 Å². The first-order valence-electron chi connectivity index (χ1n) is 15.3. The molecule has 3 nitrogen and oxygen atoms in total. The molecule has 0 aliphatic heterocycles. The molecule has 3 heteroatoms. The molecule has 0 fully saturated rings. The van der Waals surface area contributed by atoms with Gasteiger partial charge in [-0.05, 0) is 88.5 Å². The van der Waals surface area contributed by atoms with Gasteiger partial charge in [0.05, 0.1) is 5.52 Å². The Bertz CT molecular complexity index is 2640. The molecule has 0 saturated heterocycles. The van der Waals surface area contributed by atoms with Crippen LogP contribution < -0.4 is 0 Å². The second-order valence-electron chi connectivity index (χ2n) is 11.8. The lowest BCUT2D eigenvalue weighted by molar-refractivity contribution is 0.668. The van der Waals surface area contributed by atoms with E-state index in [1.54, 1.807) is 0 Å². The summed E-state index contributed by atoms with van der Waals surface area (Å²) in [5.41, 5.74) is 12.8. The Balaban J connectivity index is 1.24. The monoisotopic (exact) mass is 575 g/mol. The molecule has 10 aromatic rings. The van der Waals surface area contributed by atoms with Gasteiger partial charge >= 0.3 is 0 Å². The zero-order chi connectivity index (χ0) is 29.5. The quantitative estimate of drug-likeness (QED) is 0.228. The first-order chi connectivity index (χ1) is 22.3. The summed E-state index contributed by atoms with van der Waals surface area (Å²) in [6, 6.07) is 51.6. The zero-order valence-corrected chi connectivity index (χ0v) is 24.2. The largest absolute Gasteiger partial charge is 0.456 e. The summed E-state index contributed by atoms with van der Waals surface area (Å²) in [5.74, 6) is 0. The molecule has 0 atom stereocenters. The average molecular weight is 576 g/mol. The third kappa shape index (κ3) is 3.71. The van der Waals surface area contributed by atoms with Crippen molar-refractivity contribution in [1.82, 2.24) is 4.98 Å². The summed E-state index contributed by atoms with van der Waals surface area (Å²) in [7, 11) is 0. The normalized spacial score (nSPS) is 12.0. The van der Waals surface area contributed by atoms with Crippen molar-refractivity contribution < 1.29 is 8.83 Å². The maximum Gasteiger partial charge on any atom is 0.135 e. The molecule has 0 unspecified atom stereocenters. The molecular formula is C42H25NO2. The highest BCUT2D eigenvalue weighted by Crippen LogP contribution is 2.40. The number of hydrogen-bond acceptors (Lipinski definition) is 2. The summed E-state index contributed by atoms with van der Waals surface area (Å²) in [4.78, 5) is 3.72. The molecule has 0 saturated carbocycles. The number of aromatic nitrogens is 1. The Hall–Kier alpha value is -6.06. The molecular weight excluding hydrogens is 550 g/mol. The van der Waals surface area contributed by atoms with Crippen molar-refractivity contribution in [2.45, 2.75) is 0 Å². The molecule has 3 aromatic heterocycles. The van der Waals surface area contributed by atoms with Crippen LogP contribution in [0.5, 0.6) is 0 Å². The first kappa shape index (κ1) is 24.4. The van der Waals surface area contributed by atoms with Crippen molar-refractivity contribution >= 4 is 65.7 Å². The smallest absolute Gasteiger partial charge is 0.135 e. The van der Waals surface area contributed by atoms with Gasteiger partial charge < -0.3 is 13.8 Å². The Kier molecular flexibility index (Phi) is 5.00. The molecule has 1 N–H and O–H groups in total. The van der Waals surface area contributed by atoms with Crippen LogP contribution in [0.4, 0.5) is 0 Å². The van der Waals surface area contributed by atoms with E-state index < -0.39 is 0 Å². The van der Waals surface area contributed by atoms with Crippen LogP contribution in [-0.2, 0) is 0 Å². The Labute approximate surface area is 257 Å². The van der Waals surface area contributed by atoms with E-state index in [4.69, 9.17) is 8.83 Å². The maximum absolute atomic E-state index is 6.16. The molecule has 10 rings (SSSR count). The fourth-order valence-electron chi connectivity index (χ4n) is 7.04. The predicted octanol–water partition coefficient (Wildman–Crippen LogP) is 12.1. The molecule has 45 heavy (non-hydrogen) atoms. The van der Waals surface area contributed by atoms with Crippen molar-refractivity contribution in [1.29, 1.82) is 0 Å². The van der Waals surface area contributed by atoms with Crippen molar-refractivity contribution in [3.8, 4) is 33.4 Å². The molecule has 210 valence electrons. The maximum atomic E-state index is 6.16. The third-order valence-corrected chi connectivity index (χ3v) is 9.21. The van der Waals surface area contributed by atoms with Gasteiger partial charge in [0.1, 0.15) is 22.3 Å². The van der Waals surface area contributed by atoms with E-state index in [1.807, 2.05) is 24.3 Å².